The molecule has 5 heteroatoms. The molecule has 2 heterocycles. The van der Waals surface area contributed by atoms with E-state index in [2.05, 4.69) is 41.3 Å². The number of hydrogen-bond acceptors (Lipinski definition) is 5. The molecule has 0 aliphatic heterocycles. The van der Waals surface area contributed by atoms with E-state index in [-0.39, 0.29) is 5.54 Å². The lowest BCUT2D eigenvalue weighted by Gasteiger charge is -2.19. The first-order valence-corrected chi connectivity index (χ1v) is 6.45. The van der Waals surface area contributed by atoms with Crippen LogP contribution in [0.1, 0.15) is 32.4 Å². The summed E-state index contributed by atoms with van der Waals surface area (Å²) >= 11 is 0. The van der Waals surface area contributed by atoms with E-state index >= 15 is 0 Å². The Morgan fingerprint density at radius 1 is 1.26 bits per heavy atom. The van der Waals surface area contributed by atoms with Gasteiger partial charge < -0.3 is 9.73 Å². The van der Waals surface area contributed by atoms with Crippen LogP contribution in [-0.2, 0) is 6.42 Å². The van der Waals surface area contributed by atoms with E-state index < -0.39 is 0 Å². The van der Waals surface area contributed by atoms with Crippen molar-refractivity contribution >= 4 is 0 Å². The van der Waals surface area contributed by atoms with Gasteiger partial charge in [0.1, 0.15) is 0 Å². The van der Waals surface area contributed by atoms with Crippen molar-refractivity contribution in [3.63, 3.8) is 0 Å². The fraction of sp³-hybridized carbons (Fsp3) is 0.500. The van der Waals surface area contributed by atoms with Crippen LogP contribution in [-0.4, -0.2) is 27.3 Å². The van der Waals surface area contributed by atoms with Crippen molar-refractivity contribution in [2.45, 2.75) is 39.7 Å². The molecule has 102 valence electrons. The Labute approximate surface area is 113 Å². The Balaban J connectivity index is 2.02. The molecule has 1 N–H and O–H groups in total. The maximum Gasteiger partial charge on any atom is 0.249 e. The summed E-state index contributed by atoms with van der Waals surface area (Å²) in [5.41, 5.74) is 1.89. The van der Waals surface area contributed by atoms with Crippen LogP contribution < -0.4 is 5.32 Å². The average Bonchev–Trinajstić information content (AvgIpc) is 2.76. The van der Waals surface area contributed by atoms with Crippen LogP contribution in [0.5, 0.6) is 0 Å². The van der Waals surface area contributed by atoms with E-state index in [0.29, 0.717) is 11.8 Å². The minimum absolute atomic E-state index is 0.1000. The Kier molecular flexibility index (Phi) is 3.95. The standard InChI is InChI=1S/C14H20N4O/c1-10-11(6-5-8-15-10)13-18-17-12(19-13)7-9-16-14(2,3)4/h5-6,8,16H,7,9H2,1-4H3. The van der Waals surface area contributed by atoms with E-state index in [0.717, 1.165) is 24.2 Å². The molecule has 0 aliphatic carbocycles. The third-order valence-electron chi connectivity index (χ3n) is 2.70. The average molecular weight is 260 g/mol. The highest BCUT2D eigenvalue weighted by Crippen LogP contribution is 2.19. The molecule has 2 aromatic heterocycles. The third-order valence-corrected chi connectivity index (χ3v) is 2.70. The van der Waals surface area contributed by atoms with Gasteiger partial charge in [-0.1, -0.05) is 0 Å². The first-order valence-electron chi connectivity index (χ1n) is 6.45. The molecule has 0 aromatic carbocycles. The predicted molar refractivity (Wildman–Crippen MR) is 73.7 cm³/mol. The van der Waals surface area contributed by atoms with Crippen molar-refractivity contribution in [1.82, 2.24) is 20.5 Å². The Morgan fingerprint density at radius 3 is 2.74 bits per heavy atom. The number of pyridine rings is 1. The fourth-order valence-corrected chi connectivity index (χ4v) is 1.72. The minimum Gasteiger partial charge on any atom is -0.421 e. The first-order chi connectivity index (χ1) is 8.96. The summed E-state index contributed by atoms with van der Waals surface area (Å²) in [7, 11) is 0. The number of rotatable bonds is 4. The van der Waals surface area contributed by atoms with Crippen LogP contribution in [0.3, 0.4) is 0 Å². The molecular weight excluding hydrogens is 240 g/mol. The summed E-state index contributed by atoms with van der Waals surface area (Å²) in [5, 5.41) is 11.5. The molecule has 2 rings (SSSR count). The summed E-state index contributed by atoms with van der Waals surface area (Å²) in [6.07, 6.45) is 2.48. The van der Waals surface area contributed by atoms with Crippen LogP contribution in [0.15, 0.2) is 22.7 Å². The van der Waals surface area contributed by atoms with E-state index in [1.807, 2.05) is 19.1 Å². The minimum atomic E-state index is 0.1000. The first kappa shape index (κ1) is 13.7. The van der Waals surface area contributed by atoms with Crippen LogP contribution >= 0.6 is 0 Å². The number of nitrogens with one attached hydrogen (secondary N) is 1. The van der Waals surface area contributed by atoms with Gasteiger partial charge in [0.25, 0.3) is 0 Å². The lowest BCUT2D eigenvalue weighted by atomic mass is 10.1. The molecule has 0 fully saturated rings. The Morgan fingerprint density at radius 2 is 2.05 bits per heavy atom. The predicted octanol–water partition coefficient (Wildman–Crippen LogP) is 2.37. The Bertz CT molecular complexity index is 542. The molecule has 0 unspecified atom stereocenters. The monoisotopic (exact) mass is 260 g/mol. The van der Waals surface area contributed by atoms with E-state index in [1.165, 1.54) is 0 Å². The molecule has 0 saturated carbocycles. The number of aromatic nitrogens is 3. The second-order valence-corrected chi connectivity index (χ2v) is 5.56. The van der Waals surface area contributed by atoms with Gasteiger partial charge in [-0.3, -0.25) is 4.98 Å². The summed E-state index contributed by atoms with van der Waals surface area (Å²) in [4.78, 5) is 4.22. The number of hydrogen-bond donors (Lipinski definition) is 1. The highest BCUT2D eigenvalue weighted by Gasteiger charge is 2.12. The van der Waals surface area contributed by atoms with Gasteiger partial charge in [-0.15, -0.1) is 10.2 Å². The maximum atomic E-state index is 5.66. The maximum absolute atomic E-state index is 5.66. The van der Waals surface area contributed by atoms with Gasteiger partial charge >= 0.3 is 0 Å². The van der Waals surface area contributed by atoms with Crippen molar-refractivity contribution in [3.8, 4) is 11.5 Å². The summed E-state index contributed by atoms with van der Waals surface area (Å²) in [5.74, 6) is 1.19. The summed E-state index contributed by atoms with van der Waals surface area (Å²) < 4.78 is 5.66. The zero-order valence-corrected chi connectivity index (χ0v) is 11.9. The van der Waals surface area contributed by atoms with Crippen LogP contribution in [0, 0.1) is 6.92 Å². The molecule has 0 bridgehead atoms. The van der Waals surface area contributed by atoms with Gasteiger partial charge in [0.05, 0.1) is 5.56 Å². The highest BCUT2D eigenvalue weighted by atomic mass is 16.4. The molecule has 0 spiro atoms. The molecule has 0 amide bonds. The molecule has 19 heavy (non-hydrogen) atoms. The van der Waals surface area contributed by atoms with Gasteiger partial charge in [-0.2, -0.15) is 0 Å². The normalized spacial score (nSPS) is 11.8. The van der Waals surface area contributed by atoms with Gasteiger partial charge in [0.2, 0.25) is 11.8 Å². The zero-order valence-electron chi connectivity index (χ0n) is 11.9. The smallest absolute Gasteiger partial charge is 0.249 e. The van der Waals surface area contributed by atoms with Gasteiger partial charge in [-0.05, 0) is 39.8 Å². The van der Waals surface area contributed by atoms with E-state index in [4.69, 9.17) is 4.42 Å². The van der Waals surface area contributed by atoms with Crippen LogP contribution in [0.2, 0.25) is 0 Å². The summed E-state index contributed by atoms with van der Waals surface area (Å²) in [6.45, 7) is 9.14. The van der Waals surface area contributed by atoms with E-state index in [1.54, 1.807) is 6.20 Å². The topological polar surface area (TPSA) is 63.8 Å². The van der Waals surface area contributed by atoms with Crippen molar-refractivity contribution < 1.29 is 4.42 Å². The molecule has 0 saturated heterocycles. The lowest BCUT2D eigenvalue weighted by molar-refractivity contribution is 0.411. The zero-order chi connectivity index (χ0) is 13.9. The lowest BCUT2D eigenvalue weighted by Crippen LogP contribution is -2.37. The molecule has 2 aromatic rings. The second-order valence-electron chi connectivity index (χ2n) is 5.56. The van der Waals surface area contributed by atoms with Gasteiger partial charge in [0, 0.05) is 30.4 Å². The quantitative estimate of drug-likeness (QED) is 0.914. The van der Waals surface area contributed by atoms with Gasteiger partial charge in [0.15, 0.2) is 0 Å². The van der Waals surface area contributed by atoms with Crippen LogP contribution in [0.4, 0.5) is 0 Å². The number of aryl methyl sites for hydroxylation is 1. The second kappa shape index (κ2) is 5.48. The van der Waals surface area contributed by atoms with Gasteiger partial charge in [-0.25, -0.2) is 0 Å². The molecular formula is C14H20N4O. The Hall–Kier alpha value is -1.75. The molecule has 5 nitrogen and oxygen atoms in total. The molecule has 0 atom stereocenters. The van der Waals surface area contributed by atoms with Crippen molar-refractivity contribution in [3.05, 3.63) is 29.9 Å². The number of nitrogens with zero attached hydrogens (tertiary/aromatic N) is 3. The molecule has 0 aliphatic rings. The van der Waals surface area contributed by atoms with E-state index in [9.17, 15) is 0 Å². The van der Waals surface area contributed by atoms with Crippen molar-refractivity contribution in [1.29, 1.82) is 0 Å². The van der Waals surface area contributed by atoms with Crippen molar-refractivity contribution in [2.75, 3.05) is 6.54 Å². The largest absolute Gasteiger partial charge is 0.421 e. The van der Waals surface area contributed by atoms with Crippen LogP contribution in [0.25, 0.3) is 11.5 Å². The fourth-order valence-electron chi connectivity index (χ4n) is 1.72. The highest BCUT2D eigenvalue weighted by molar-refractivity contribution is 5.54. The SMILES string of the molecule is Cc1ncccc1-c1nnc(CCNC(C)(C)C)o1. The molecule has 0 radical (unpaired) electrons. The summed E-state index contributed by atoms with van der Waals surface area (Å²) in [6, 6.07) is 3.81. The van der Waals surface area contributed by atoms with Crippen molar-refractivity contribution in [2.24, 2.45) is 0 Å². The third kappa shape index (κ3) is 3.86.